The van der Waals surface area contributed by atoms with Crippen LogP contribution in [0.3, 0.4) is 0 Å². The van der Waals surface area contributed by atoms with Crippen molar-refractivity contribution >= 4 is 17.1 Å². The fraction of sp³-hybridized carbons (Fsp3) is 0.214. The van der Waals surface area contributed by atoms with Crippen LogP contribution in [0.15, 0.2) is 24.3 Å². The summed E-state index contributed by atoms with van der Waals surface area (Å²) in [6.45, 7) is 1.98. The van der Waals surface area contributed by atoms with E-state index in [0.29, 0.717) is 12.1 Å². The molecule has 2 rings (SSSR count). The third-order valence-corrected chi connectivity index (χ3v) is 3.92. The van der Waals surface area contributed by atoms with Gasteiger partial charge in [0.25, 0.3) is 0 Å². The van der Waals surface area contributed by atoms with Gasteiger partial charge < -0.3 is 0 Å². The molecule has 0 radical (unpaired) electrons. The Morgan fingerprint density at radius 2 is 1.68 bits per heavy atom. The Bertz CT molecular complexity index is 596. The molecule has 1 aromatic heterocycles. The molecule has 1 aromatic carbocycles. The maximum atomic E-state index is 13.4. The lowest BCUT2D eigenvalue weighted by Gasteiger charge is -2.03. The minimum Gasteiger partial charge on any atom is -0.294 e. The highest BCUT2D eigenvalue weighted by Crippen LogP contribution is 2.21. The molecule has 0 bridgehead atoms. The molecule has 0 saturated carbocycles. The molecule has 5 heteroatoms. The standard InChI is InChI=1S/C14H11F3OS/c1-2-9-3-4-10(19-9)7-13(18)14-11(16)5-8(15)6-12(14)17/h3-6H,2,7H2,1H3. The number of aryl methyl sites for hydroxylation is 1. The minimum absolute atomic E-state index is 0.0792. The van der Waals surface area contributed by atoms with Crippen molar-refractivity contribution in [1.29, 1.82) is 0 Å². The Labute approximate surface area is 112 Å². The molecular weight excluding hydrogens is 273 g/mol. The number of benzene rings is 1. The van der Waals surface area contributed by atoms with Gasteiger partial charge in [-0.05, 0) is 18.6 Å². The largest absolute Gasteiger partial charge is 0.294 e. The third-order valence-electron chi connectivity index (χ3n) is 2.69. The number of ketones is 1. The number of carbonyl (C=O) groups is 1. The second-order valence-corrected chi connectivity index (χ2v) is 5.32. The van der Waals surface area contributed by atoms with Crippen LogP contribution in [0.1, 0.15) is 27.0 Å². The summed E-state index contributed by atoms with van der Waals surface area (Å²) >= 11 is 1.43. The summed E-state index contributed by atoms with van der Waals surface area (Å²) < 4.78 is 39.6. The molecule has 19 heavy (non-hydrogen) atoms. The lowest BCUT2D eigenvalue weighted by molar-refractivity contribution is 0.0985. The second-order valence-electron chi connectivity index (χ2n) is 4.07. The zero-order valence-electron chi connectivity index (χ0n) is 10.2. The van der Waals surface area contributed by atoms with E-state index < -0.39 is 28.8 Å². The lowest BCUT2D eigenvalue weighted by atomic mass is 10.1. The molecule has 0 saturated heterocycles. The number of rotatable bonds is 4. The SMILES string of the molecule is CCc1ccc(CC(=O)c2c(F)cc(F)cc2F)s1. The molecule has 0 fully saturated rings. The topological polar surface area (TPSA) is 17.1 Å². The zero-order chi connectivity index (χ0) is 14.0. The molecule has 0 aliphatic rings. The lowest BCUT2D eigenvalue weighted by Crippen LogP contribution is -2.09. The molecule has 1 heterocycles. The van der Waals surface area contributed by atoms with Gasteiger partial charge in [0.1, 0.15) is 17.5 Å². The van der Waals surface area contributed by atoms with Crippen LogP contribution in [0.4, 0.5) is 13.2 Å². The summed E-state index contributed by atoms with van der Waals surface area (Å²) in [5.74, 6) is -4.03. The average Bonchev–Trinajstić information content (AvgIpc) is 2.75. The van der Waals surface area contributed by atoms with Crippen molar-refractivity contribution in [3.63, 3.8) is 0 Å². The highest BCUT2D eigenvalue weighted by Gasteiger charge is 2.19. The van der Waals surface area contributed by atoms with Gasteiger partial charge in [-0.3, -0.25) is 4.79 Å². The Kier molecular flexibility index (Phi) is 4.04. The zero-order valence-corrected chi connectivity index (χ0v) is 11.0. The summed E-state index contributed by atoms with van der Waals surface area (Å²) in [7, 11) is 0. The van der Waals surface area contributed by atoms with Crippen molar-refractivity contribution in [1.82, 2.24) is 0 Å². The molecular formula is C14H11F3OS. The maximum Gasteiger partial charge on any atom is 0.173 e. The summed E-state index contributed by atoms with van der Waals surface area (Å²) in [4.78, 5) is 13.7. The van der Waals surface area contributed by atoms with E-state index in [4.69, 9.17) is 0 Å². The van der Waals surface area contributed by atoms with E-state index in [1.54, 1.807) is 6.07 Å². The van der Waals surface area contributed by atoms with Gasteiger partial charge in [0, 0.05) is 28.3 Å². The van der Waals surface area contributed by atoms with E-state index >= 15 is 0 Å². The molecule has 1 nitrogen and oxygen atoms in total. The van der Waals surface area contributed by atoms with Gasteiger partial charge in [-0.25, -0.2) is 13.2 Å². The van der Waals surface area contributed by atoms with Crippen molar-refractivity contribution in [3.05, 3.63) is 57.0 Å². The van der Waals surface area contributed by atoms with Crippen LogP contribution in [-0.4, -0.2) is 5.78 Å². The molecule has 0 unspecified atom stereocenters. The van der Waals surface area contributed by atoms with Crippen molar-refractivity contribution in [2.75, 3.05) is 0 Å². The van der Waals surface area contributed by atoms with Crippen molar-refractivity contribution < 1.29 is 18.0 Å². The highest BCUT2D eigenvalue weighted by molar-refractivity contribution is 7.12. The van der Waals surface area contributed by atoms with Crippen molar-refractivity contribution in [2.45, 2.75) is 19.8 Å². The number of hydrogen-bond donors (Lipinski definition) is 0. The number of thiophene rings is 1. The van der Waals surface area contributed by atoms with Gasteiger partial charge in [-0.1, -0.05) is 6.92 Å². The molecule has 0 atom stereocenters. The molecule has 2 aromatic rings. The summed E-state index contributed by atoms with van der Waals surface area (Å²) in [5, 5.41) is 0. The Balaban J connectivity index is 2.25. The molecule has 0 spiro atoms. The van der Waals surface area contributed by atoms with E-state index in [0.717, 1.165) is 16.2 Å². The molecule has 100 valence electrons. The number of hydrogen-bond acceptors (Lipinski definition) is 2. The quantitative estimate of drug-likeness (QED) is 0.771. The number of Topliss-reactive ketones (excluding diaryl/α,β-unsaturated/α-hetero) is 1. The van der Waals surface area contributed by atoms with Crippen LogP contribution in [0.2, 0.25) is 0 Å². The van der Waals surface area contributed by atoms with Gasteiger partial charge in [-0.2, -0.15) is 0 Å². The number of carbonyl (C=O) groups excluding carboxylic acids is 1. The van der Waals surface area contributed by atoms with Crippen LogP contribution in [-0.2, 0) is 12.8 Å². The Morgan fingerprint density at radius 3 is 2.21 bits per heavy atom. The first-order chi connectivity index (χ1) is 9.01. The van der Waals surface area contributed by atoms with Crippen LogP contribution >= 0.6 is 11.3 Å². The monoisotopic (exact) mass is 284 g/mol. The molecule has 0 aliphatic carbocycles. The molecule has 0 amide bonds. The van der Waals surface area contributed by atoms with Crippen molar-refractivity contribution in [3.8, 4) is 0 Å². The van der Waals surface area contributed by atoms with E-state index in [1.165, 1.54) is 11.3 Å². The highest BCUT2D eigenvalue weighted by atomic mass is 32.1. The van der Waals surface area contributed by atoms with Gasteiger partial charge in [-0.15, -0.1) is 11.3 Å². The smallest absolute Gasteiger partial charge is 0.173 e. The third kappa shape index (κ3) is 3.04. The molecule has 0 aliphatic heterocycles. The van der Waals surface area contributed by atoms with Gasteiger partial charge in [0.15, 0.2) is 5.78 Å². The first-order valence-corrected chi connectivity index (χ1v) is 6.58. The fourth-order valence-corrected chi connectivity index (χ4v) is 2.72. The predicted molar refractivity (Wildman–Crippen MR) is 68.0 cm³/mol. The maximum absolute atomic E-state index is 13.4. The van der Waals surface area contributed by atoms with Crippen LogP contribution in [0, 0.1) is 17.5 Å². The Hall–Kier alpha value is -1.62. The van der Waals surface area contributed by atoms with E-state index in [-0.39, 0.29) is 6.42 Å². The first kappa shape index (κ1) is 13.8. The van der Waals surface area contributed by atoms with Crippen LogP contribution in [0.25, 0.3) is 0 Å². The van der Waals surface area contributed by atoms with Crippen LogP contribution < -0.4 is 0 Å². The fourth-order valence-electron chi connectivity index (χ4n) is 1.76. The minimum atomic E-state index is -1.16. The van der Waals surface area contributed by atoms with Gasteiger partial charge in [0.2, 0.25) is 0 Å². The van der Waals surface area contributed by atoms with Gasteiger partial charge in [0.05, 0.1) is 5.56 Å². The number of halogens is 3. The average molecular weight is 284 g/mol. The van der Waals surface area contributed by atoms with Crippen molar-refractivity contribution in [2.24, 2.45) is 0 Å². The Morgan fingerprint density at radius 1 is 1.11 bits per heavy atom. The predicted octanol–water partition coefficient (Wildman–Crippen LogP) is 4.15. The summed E-state index contributed by atoms with van der Waals surface area (Å²) in [5.41, 5.74) is -0.673. The van der Waals surface area contributed by atoms with E-state index in [2.05, 4.69) is 0 Å². The normalized spacial score (nSPS) is 10.7. The second kappa shape index (κ2) is 5.57. The summed E-state index contributed by atoms with van der Waals surface area (Å²) in [6.07, 6.45) is 0.766. The van der Waals surface area contributed by atoms with E-state index in [1.807, 2.05) is 13.0 Å². The van der Waals surface area contributed by atoms with E-state index in [9.17, 15) is 18.0 Å². The molecule has 0 N–H and O–H groups in total. The van der Waals surface area contributed by atoms with Gasteiger partial charge >= 0.3 is 0 Å². The summed E-state index contributed by atoms with van der Waals surface area (Å²) in [6, 6.07) is 4.68. The first-order valence-electron chi connectivity index (χ1n) is 5.76. The van der Waals surface area contributed by atoms with Crippen LogP contribution in [0.5, 0.6) is 0 Å².